The van der Waals surface area contributed by atoms with Crippen molar-refractivity contribution in [3.63, 3.8) is 0 Å². The average molecular weight is 295 g/mol. The van der Waals surface area contributed by atoms with E-state index in [1.807, 2.05) is 54.6 Å². The molecule has 0 saturated carbocycles. The largest absolute Gasteiger partial charge is 0.491 e. The highest BCUT2D eigenvalue weighted by atomic mass is 16.5. The standard InChI is InChI=1S/C18H17NO3/c20-11-12-21-16-6-8-17(9-7-16)22-13-15-4-1-3-14-5-2-10-19-18(14)15/h1-10,20H,11-13H2. The number of aliphatic hydroxyl groups is 1. The van der Waals surface area contributed by atoms with Crippen molar-refractivity contribution in [2.24, 2.45) is 0 Å². The maximum atomic E-state index is 8.72. The van der Waals surface area contributed by atoms with Gasteiger partial charge in [0.1, 0.15) is 24.7 Å². The van der Waals surface area contributed by atoms with Crippen LogP contribution in [0.5, 0.6) is 11.5 Å². The van der Waals surface area contributed by atoms with Crippen LogP contribution >= 0.6 is 0 Å². The summed E-state index contributed by atoms with van der Waals surface area (Å²) in [5.74, 6) is 1.48. The number of rotatable bonds is 6. The molecule has 3 aromatic rings. The Morgan fingerprint density at radius 2 is 1.59 bits per heavy atom. The molecule has 0 unspecified atom stereocenters. The fourth-order valence-electron chi connectivity index (χ4n) is 2.24. The van der Waals surface area contributed by atoms with Crippen molar-refractivity contribution in [3.05, 3.63) is 66.4 Å². The summed E-state index contributed by atoms with van der Waals surface area (Å²) >= 11 is 0. The number of aliphatic hydroxyl groups excluding tert-OH is 1. The molecule has 0 spiro atoms. The predicted octanol–water partition coefficient (Wildman–Crippen LogP) is 3.18. The van der Waals surface area contributed by atoms with Crippen LogP contribution in [0, 0.1) is 0 Å². The lowest BCUT2D eigenvalue weighted by molar-refractivity contribution is 0.201. The molecule has 3 rings (SSSR count). The van der Waals surface area contributed by atoms with E-state index in [1.165, 1.54) is 0 Å². The van der Waals surface area contributed by atoms with Crippen molar-refractivity contribution >= 4 is 10.9 Å². The Bertz CT molecular complexity index is 735. The topological polar surface area (TPSA) is 51.6 Å². The molecule has 0 saturated heterocycles. The number of hydrogen-bond donors (Lipinski definition) is 1. The van der Waals surface area contributed by atoms with Crippen LogP contribution in [-0.2, 0) is 6.61 Å². The quantitative estimate of drug-likeness (QED) is 0.759. The molecule has 0 amide bonds. The number of benzene rings is 2. The molecule has 0 aliphatic rings. The molecule has 1 N–H and O–H groups in total. The van der Waals surface area contributed by atoms with E-state index in [1.54, 1.807) is 6.20 Å². The molecule has 0 radical (unpaired) electrons. The van der Waals surface area contributed by atoms with Gasteiger partial charge in [0.25, 0.3) is 0 Å². The smallest absolute Gasteiger partial charge is 0.120 e. The third-order valence-corrected chi connectivity index (χ3v) is 3.29. The maximum absolute atomic E-state index is 8.72. The van der Waals surface area contributed by atoms with Crippen LogP contribution in [0.2, 0.25) is 0 Å². The highest BCUT2D eigenvalue weighted by Gasteiger charge is 2.03. The Kier molecular flexibility index (Phi) is 4.51. The van der Waals surface area contributed by atoms with E-state index in [0.717, 1.165) is 22.2 Å². The van der Waals surface area contributed by atoms with Crippen molar-refractivity contribution < 1.29 is 14.6 Å². The molecule has 0 aliphatic heterocycles. The molecule has 0 fully saturated rings. The number of pyridine rings is 1. The summed E-state index contributed by atoms with van der Waals surface area (Å²) < 4.78 is 11.1. The van der Waals surface area contributed by atoms with Crippen LogP contribution in [0.3, 0.4) is 0 Å². The SMILES string of the molecule is OCCOc1ccc(OCc2cccc3cccnc23)cc1. The van der Waals surface area contributed by atoms with Gasteiger partial charge in [-0.1, -0.05) is 24.3 Å². The highest BCUT2D eigenvalue weighted by molar-refractivity contribution is 5.81. The molecule has 0 bridgehead atoms. The molecular formula is C18H17NO3. The first kappa shape index (κ1) is 14.4. The summed E-state index contributed by atoms with van der Waals surface area (Å²) in [7, 11) is 0. The third kappa shape index (κ3) is 3.35. The Balaban J connectivity index is 1.69. The molecular weight excluding hydrogens is 278 g/mol. The van der Waals surface area contributed by atoms with Gasteiger partial charge in [-0.3, -0.25) is 4.98 Å². The van der Waals surface area contributed by atoms with Crippen molar-refractivity contribution in [2.75, 3.05) is 13.2 Å². The van der Waals surface area contributed by atoms with Crippen LogP contribution in [0.25, 0.3) is 10.9 Å². The molecule has 1 heterocycles. The Labute approximate surface area is 129 Å². The Hall–Kier alpha value is -2.59. The molecule has 1 aromatic heterocycles. The number of ether oxygens (including phenoxy) is 2. The highest BCUT2D eigenvalue weighted by Crippen LogP contribution is 2.21. The van der Waals surface area contributed by atoms with Crippen LogP contribution in [0.15, 0.2) is 60.8 Å². The average Bonchev–Trinajstić information content (AvgIpc) is 2.59. The maximum Gasteiger partial charge on any atom is 0.120 e. The van der Waals surface area contributed by atoms with Crippen molar-refractivity contribution in [1.82, 2.24) is 4.98 Å². The van der Waals surface area contributed by atoms with Gasteiger partial charge < -0.3 is 14.6 Å². The second kappa shape index (κ2) is 6.91. The van der Waals surface area contributed by atoms with Gasteiger partial charge in [-0.05, 0) is 30.3 Å². The van der Waals surface area contributed by atoms with Gasteiger partial charge in [-0.25, -0.2) is 0 Å². The Morgan fingerprint density at radius 1 is 0.864 bits per heavy atom. The van der Waals surface area contributed by atoms with Gasteiger partial charge in [0, 0.05) is 17.1 Å². The van der Waals surface area contributed by atoms with Crippen molar-refractivity contribution in [3.8, 4) is 11.5 Å². The zero-order valence-electron chi connectivity index (χ0n) is 12.1. The second-order valence-electron chi connectivity index (χ2n) is 4.82. The van der Waals surface area contributed by atoms with E-state index < -0.39 is 0 Å². The lowest BCUT2D eigenvalue weighted by atomic mass is 10.1. The van der Waals surface area contributed by atoms with E-state index in [4.69, 9.17) is 14.6 Å². The van der Waals surface area contributed by atoms with Gasteiger partial charge in [0.05, 0.1) is 12.1 Å². The lowest BCUT2D eigenvalue weighted by Crippen LogP contribution is -2.01. The van der Waals surface area contributed by atoms with Crippen LogP contribution in [0.1, 0.15) is 5.56 Å². The van der Waals surface area contributed by atoms with Crippen LogP contribution in [-0.4, -0.2) is 23.3 Å². The van der Waals surface area contributed by atoms with Gasteiger partial charge in [0.2, 0.25) is 0 Å². The summed E-state index contributed by atoms with van der Waals surface area (Å²) in [6.07, 6.45) is 1.79. The number of hydrogen-bond acceptors (Lipinski definition) is 4. The van der Waals surface area contributed by atoms with Crippen LogP contribution < -0.4 is 9.47 Å². The fraction of sp³-hybridized carbons (Fsp3) is 0.167. The van der Waals surface area contributed by atoms with E-state index in [2.05, 4.69) is 4.98 Å². The molecule has 2 aromatic carbocycles. The van der Waals surface area contributed by atoms with Gasteiger partial charge in [-0.15, -0.1) is 0 Å². The minimum absolute atomic E-state index is 0.00628. The molecule has 4 nitrogen and oxygen atoms in total. The summed E-state index contributed by atoms with van der Waals surface area (Å²) in [6, 6.07) is 17.4. The monoisotopic (exact) mass is 295 g/mol. The fourth-order valence-corrected chi connectivity index (χ4v) is 2.24. The zero-order chi connectivity index (χ0) is 15.2. The zero-order valence-corrected chi connectivity index (χ0v) is 12.1. The molecule has 4 heteroatoms. The van der Waals surface area contributed by atoms with E-state index in [0.29, 0.717) is 19.0 Å². The predicted molar refractivity (Wildman–Crippen MR) is 85.1 cm³/mol. The molecule has 112 valence electrons. The summed E-state index contributed by atoms with van der Waals surface area (Å²) in [5, 5.41) is 9.83. The second-order valence-corrected chi connectivity index (χ2v) is 4.82. The first-order valence-electron chi connectivity index (χ1n) is 7.16. The molecule has 0 aliphatic carbocycles. The number of nitrogens with zero attached hydrogens (tertiary/aromatic N) is 1. The van der Waals surface area contributed by atoms with Gasteiger partial charge in [0.15, 0.2) is 0 Å². The van der Waals surface area contributed by atoms with E-state index in [9.17, 15) is 0 Å². The minimum atomic E-state index is 0.00628. The molecule has 22 heavy (non-hydrogen) atoms. The lowest BCUT2D eigenvalue weighted by Gasteiger charge is -2.09. The number of aromatic nitrogens is 1. The minimum Gasteiger partial charge on any atom is -0.491 e. The van der Waals surface area contributed by atoms with Crippen LogP contribution in [0.4, 0.5) is 0 Å². The third-order valence-electron chi connectivity index (χ3n) is 3.29. The van der Waals surface area contributed by atoms with Crippen molar-refractivity contribution in [1.29, 1.82) is 0 Å². The van der Waals surface area contributed by atoms with Gasteiger partial charge >= 0.3 is 0 Å². The summed E-state index contributed by atoms with van der Waals surface area (Å²) in [5.41, 5.74) is 2.02. The van der Waals surface area contributed by atoms with Crippen molar-refractivity contribution in [2.45, 2.75) is 6.61 Å². The summed E-state index contributed by atoms with van der Waals surface area (Å²) in [4.78, 5) is 4.42. The Morgan fingerprint density at radius 3 is 2.36 bits per heavy atom. The normalized spacial score (nSPS) is 10.6. The first-order valence-corrected chi connectivity index (χ1v) is 7.16. The van der Waals surface area contributed by atoms with E-state index in [-0.39, 0.29) is 6.61 Å². The number of fused-ring (bicyclic) bond motifs is 1. The number of para-hydroxylation sites is 1. The van der Waals surface area contributed by atoms with Gasteiger partial charge in [-0.2, -0.15) is 0 Å². The first-order chi connectivity index (χ1) is 10.9. The van der Waals surface area contributed by atoms with E-state index >= 15 is 0 Å². The summed E-state index contributed by atoms with van der Waals surface area (Å²) in [6.45, 7) is 0.763. The molecule has 0 atom stereocenters.